The molecule has 0 atom stereocenters. The Morgan fingerprint density at radius 1 is 0.429 bits per heavy atom. The Balaban J connectivity index is 3.69. The number of hydrogen-bond donors (Lipinski definition) is 0. The lowest BCUT2D eigenvalue weighted by molar-refractivity contribution is -0.462. The summed E-state index contributed by atoms with van der Waals surface area (Å²) >= 11 is 16.3. The van der Waals surface area contributed by atoms with Crippen LogP contribution < -0.4 is 5.19 Å². The van der Waals surface area contributed by atoms with Crippen molar-refractivity contribution in [2.45, 2.75) is 47.6 Å². The molecule has 0 nitrogen and oxygen atoms in total. The maximum atomic E-state index is 14.1. The standard InChI is InChI=1S/C14H4Cl3F17Si/c15-35(16,17)6-3-1-5(2-4-6)7(18,19)8(20,21)9(22,23)10(24,25)11(26,27)12(28,29)13(30,31)14(32,33)34/h1-4H. The van der Waals surface area contributed by atoms with Crippen molar-refractivity contribution in [3.05, 3.63) is 29.8 Å². The van der Waals surface area contributed by atoms with Gasteiger partial charge in [0.1, 0.15) is 0 Å². The summed E-state index contributed by atoms with van der Waals surface area (Å²) in [6.45, 7) is 0. The topological polar surface area (TPSA) is 0 Å². The van der Waals surface area contributed by atoms with Crippen molar-refractivity contribution in [3.8, 4) is 0 Å². The summed E-state index contributed by atoms with van der Waals surface area (Å²) in [5, 5.41) is -0.483. The molecule has 0 fully saturated rings. The van der Waals surface area contributed by atoms with E-state index in [4.69, 9.17) is 33.2 Å². The highest BCUT2D eigenvalue weighted by Gasteiger charge is 2.95. The van der Waals surface area contributed by atoms with Crippen molar-refractivity contribution in [3.63, 3.8) is 0 Å². The van der Waals surface area contributed by atoms with E-state index >= 15 is 0 Å². The third-order valence-corrected chi connectivity index (χ3v) is 7.25. The van der Waals surface area contributed by atoms with Gasteiger partial charge in [-0.2, -0.15) is 74.6 Å². The molecule has 0 amide bonds. The van der Waals surface area contributed by atoms with Crippen LogP contribution in [0.25, 0.3) is 0 Å². The fourth-order valence-corrected chi connectivity index (χ4v) is 3.89. The zero-order valence-corrected chi connectivity index (χ0v) is 18.6. The molecule has 0 saturated heterocycles. The van der Waals surface area contributed by atoms with Gasteiger partial charge in [-0.1, -0.05) is 24.3 Å². The van der Waals surface area contributed by atoms with Crippen molar-refractivity contribution >= 4 is 44.4 Å². The molecule has 1 aromatic carbocycles. The first-order valence-corrected chi connectivity index (χ1v) is 12.9. The summed E-state index contributed by atoms with van der Waals surface area (Å²) in [7, 11) is 0. The van der Waals surface area contributed by atoms with Crippen molar-refractivity contribution in [1.82, 2.24) is 0 Å². The summed E-state index contributed by atoms with van der Waals surface area (Å²) in [6, 6.07) is -3.86. The molecular weight excluding hydrogens is 626 g/mol. The van der Waals surface area contributed by atoms with Crippen LogP contribution in [0.4, 0.5) is 74.6 Å². The maximum Gasteiger partial charge on any atom is 0.460 e. The lowest BCUT2D eigenvalue weighted by Crippen LogP contribution is -2.74. The van der Waals surface area contributed by atoms with Crippen molar-refractivity contribution in [2.75, 3.05) is 0 Å². The summed E-state index contributed by atoms with van der Waals surface area (Å²) in [5.74, 6) is -56.9. The second-order valence-corrected chi connectivity index (χ2v) is 15.0. The molecule has 0 radical (unpaired) electrons. The predicted octanol–water partition coefficient (Wildman–Crippen LogP) is 8.01. The maximum absolute atomic E-state index is 14.1. The summed E-state index contributed by atoms with van der Waals surface area (Å²) in [5.41, 5.74) is -2.37. The highest BCUT2D eigenvalue weighted by atomic mass is 35.8. The molecule has 0 aromatic heterocycles. The first kappa shape index (κ1) is 32.1. The second kappa shape index (κ2) is 8.57. The number of halogens is 20. The molecule has 0 aliphatic rings. The molecular formula is C14H4Cl3F17Si. The Bertz CT molecular complexity index is 917. The molecule has 0 unspecified atom stereocenters. The third-order valence-electron chi connectivity index (χ3n) is 4.30. The number of alkyl halides is 17. The van der Waals surface area contributed by atoms with Gasteiger partial charge in [-0.3, -0.25) is 0 Å². The summed E-state index contributed by atoms with van der Waals surface area (Å²) < 4.78 is 225. The Labute approximate surface area is 197 Å². The zero-order chi connectivity index (χ0) is 28.5. The SMILES string of the molecule is FC(F)(F)C(F)(F)C(F)(F)C(F)(F)C(F)(F)C(F)(F)C(F)(F)C(F)(F)c1ccc([Si](Cl)(Cl)Cl)cc1. The van der Waals surface area contributed by atoms with Crippen LogP contribution in [-0.4, -0.2) is 47.7 Å². The highest BCUT2D eigenvalue weighted by molar-refractivity contribution is 7.69. The van der Waals surface area contributed by atoms with E-state index < -0.39 is 64.4 Å². The molecule has 0 aliphatic heterocycles. The van der Waals surface area contributed by atoms with E-state index in [0.29, 0.717) is 0 Å². The van der Waals surface area contributed by atoms with Crippen molar-refractivity contribution < 1.29 is 74.6 Å². The fraction of sp³-hybridized carbons (Fsp3) is 0.571. The lowest BCUT2D eigenvalue weighted by Gasteiger charge is -2.42. The molecule has 35 heavy (non-hydrogen) atoms. The third kappa shape index (κ3) is 4.53. The lowest BCUT2D eigenvalue weighted by atomic mass is 9.87. The Morgan fingerprint density at radius 3 is 1.00 bits per heavy atom. The van der Waals surface area contributed by atoms with Crippen LogP contribution >= 0.6 is 33.2 Å². The van der Waals surface area contributed by atoms with Crippen LogP contribution in [-0.2, 0) is 5.92 Å². The van der Waals surface area contributed by atoms with Gasteiger partial charge >= 0.3 is 53.6 Å². The van der Waals surface area contributed by atoms with Crippen LogP contribution in [0.1, 0.15) is 5.56 Å². The quantitative estimate of drug-likeness (QED) is 0.155. The van der Waals surface area contributed by atoms with Gasteiger partial charge in [0.05, 0.1) is 0 Å². The minimum absolute atomic E-state index is 0.239. The molecule has 0 N–H and O–H groups in total. The van der Waals surface area contributed by atoms with Crippen LogP contribution in [0.15, 0.2) is 24.3 Å². The normalized spacial score (nSPS) is 16.0. The Kier molecular flexibility index (Phi) is 7.88. The molecule has 204 valence electrons. The monoisotopic (exact) mass is 628 g/mol. The molecule has 0 saturated carbocycles. The number of hydrogen-bond acceptors (Lipinski definition) is 0. The molecule has 0 aliphatic carbocycles. The molecule has 0 heterocycles. The van der Waals surface area contributed by atoms with Gasteiger partial charge in [0, 0.05) is 5.56 Å². The molecule has 0 bridgehead atoms. The second-order valence-electron chi connectivity index (χ2n) is 6.59. The minimum atomic E-state index is -8.67. The van der Waals surface area contributed by atoms with Gasteiger partial charge in [-0.05, 0) is 5.19 Å². The van der Waals surface area contributed by atoms with E-state index in [1.807, 2.05) is 0 Å². The average Bonchev–Trinajstić information content (AvgIpc) is 2.65. The average molecular weight is 630 g/mol. The Morgan fingerprint density at radius 2 is 0.714 bits per heavy atom. The summed E-state index contributed by atoms with van der Waals surface area (Å²) in [6.07, 6.45) is -7.80. The van der Waals surface area contributed by atoms with Gasteiger partial charge in [-0.25, -0.2) is 0 Å². The van der Waals surface area contributed by atoms with Crippen molar-refractivity contribution in [2.24, 2.45) is 0 Å². The molecule has 1 aromatic rings. The van der Waals surface area contributed by atoms with Gasteiger partial charge in [0.15, 0.2) is 0 Å². The number of benzene rings is 1. The van der Waals surface area contributed by atoms with Crippen LogP contribution in [0.2, 0.25) is 0 Å². The fourth-order valence-electron chi connectivity index (χ4n) is 2.21. The van der Waals surface area contributed by atoms with E-state index in [2.05, 4.69) is 0 Å². The first-order valence-electron chi connectivity index (χ1n) is 7.85. The molecule has 21 heteroatoms. The molecule has 0 spiro atoms. The highest BCUT2D eigenvalue weighted by Crippen LogP contribution is 2.65. The van der Waals surface area contributed by atoms with Gasteiger partial charge in [-0.15, -0.1) is 33.2 Å². The van der Waals surface area contributed by atoms with Crippen LogP contribution in [0.5, 0.6) is 0 Å². The first-order chi connectivity index (χ1) is 15.0. The van der Waals surface area contributed by atoms with Gasteiger partial charge in [0.25, 0.3) is 0 Å². The van der Waals surface area contributed by atoms with E-state index in [1.165, 1.54) is 0 Å². The molecule has 1 rings (SSSR count). The van der Waals surface area contributed by atoms with Gasteiger partial charge < -0.3 is 0 Å². The minimum Gasteiger partial charge on any atom is -0.194 e. The summed E-state index contributed by atoms with van der Waals surface area (Å²) in [4.78, 5) is 0. The largest absolute Gasteiger partial charge is 0.460 e. The van der Waals surface area contributed by atoms with Crippen molar-refractivity contribution in [1.29, 1.82) is 0 Å². The predicted molar refractivity (Wildman–Crippen MR) is 89.0 cm³/mol. The van der Waals surface area contributed by atoms with Crippen LogP contribution in [0.3, 0.4) is 0 Å². The Hall–Kier alpha value is -0.883. The number of rotatable bonds is 8. The van der Waals surface area contributed by atoms with E-state index in [0.717, 1.165) is 0 Å². The van der Waals surface area contributed by atoms with Crippen LogP contribution in [0, 0.1) is 0 Å². The van der Waals surface area contributed by atoms with E-state index in [1.54, 1.807) is 0 Å². The van der Waals surface area contributed by atoms with E-state index in [9.17, 15) is 74.6 Å². The van der Waals surface area contributed by atoms with E-state index in [-0.39, 0.29) is 24.3 Å². The zero-order valence-electron chi connectivity index (χ0n) is 15.4. The smallest absolute Gasteiger partial charge is 0.194 e. The van der Waals surface area contributed by atoms with Gasteiger partial charge in [0.2, 0.25) is 0 Å².